The first kappa shape index (κ1) is 16.8. The van der Waals surface area contributed by atoms with Crippen LogP contribution in [0, 0.1) is 0 Å². The van der Waals surface area contributed by atoms with Gasteiger partial charge in [0.25, 0.3) is 5.91 Å². The van der Waals surface area contributed by atoms with Crippen molar-refractivity contribution in [2.75, 3.05) is 18.5 Å². The van der Waals surface area contributed by atoms with Crippen molar-refractivity contribution < 1.29 is 14.3 Å². The molecule has 1 N–H and O–H groups in total. The van der Waals surface area contributed by atoms with Gasteiger partial charge < -0.3 is 14.8 Å². The first-order valence-corrected chi connectivity index (χ1v) is 8.28. The lowest BCUT2D eigenvalue weighted by Crippen LogP contribution is -2.13. The minimum Gasteiger partial charge on any atom is -0.490 e. The third-order valence-electron chi connectivity index (χ3n) is 3.63. The van der Waals surface area contributed by atoms with Gasteiger partial charge >= 0.3 is 0 Å². The fourth-order valence-corrected chi connectivity index (χ4v) is 2.52. The zero-order chi connectivity index (χ0) is 17.6. The van der Waals surface area contributed by atoms with Crippen LogP contribution >= 0.6 is 0 Å². The number of fused-ring (bicyclic) bond motifs is 1. The average Bonchev–Trinajstić information content (AvgIpc) is 2.64. The smallest absolute Gasteiger partial charge is 0.274 e. The summed E-state index contributed by atoms with van der Waals surface area (Å²) in [6.45, 7) is 4.88. The van der Waals surface area contributed by atoms with Gasteiger partial charge in [0.1, 0.15) is 5.69 Å². The van der Waals surface area contributed by atoms with Crippen LogP contribution < -0.4 is 14.8 Å². The normalized spacial score (nSPS) is 10.5. The summed E-state index contributed by atoms with van der Waals surface area (Å²) in [5.41, 5.74) is 1.79. The van der Waals surface area contributed by atoms with Crippen molar-refractivity contribution in [3.05, 3.63) is 60.3 Å². The van der Waals surface area contributed by atoms with Crippen LogP contribution in [0.25, 0.3) is 10.9 Å². The van der Waals surface area contributed by atoms with E-state index in [9.17, 15) is 4.79 Å². The lowest BCUT2D eigenvalue weighted by molar-refractivity contribution is 0.102. The summed E-state index contributed by atoms with van der Waals surface area (Å²) in [6, 6.07) is 16.6. The molecule has 2 aromatic carbocycles. The number of aromatic nitrogens is 1. The highest BCUT2D eigenvalue weighted by Crippen LogP contribution is 2.30. The molecule has 1 amide bonds. The zero-order valence-corrected chi connectivity index (χ0v) is 14.3. The molecule has 0 aliphatic heterocycles. The fraction of sp³-hybridized carbons (Fsp3) is 0.200. The molecule has 1 aromatic heterocycles. The number of carbonyl (C=O) groups excluding carboxylic acids is 1. The molecule has 0 fully saturated rings. The molecule has 0 bridgehead atoms. The summed E-state index contributed by atoms with van der Waals surface area (Å²) >= 11 is 0. The van der Waals surface area contributed by atoms with Crippen LogP contribution in [0.15, 0.2) is 54.6 Å². The van der Waals surface area contributed by atoms with E-state index in [1.165, 1.54) is 0 Å². The summed E-state index contributed by atoms with van der Waals surface area (Å²) in [4.78, 5) is 16.9. The number of nitrogens with zero attached hydrogens (tertiary/aromatic N) is 1. The molecule has 0 aliphatic rings. The molecule has 0 radical (unpaired) electrons. The van der Waals surface area contributed by atoms with Gasteiger partial charge in [-0.25, -0.2) is 4.98 Å². The molecule has 3 aromatic rings. The van der Waals surface area contributed by atoms with E-state index in [2.05, 4.69) is 10.3 Å². The fourth-order valence-electron chi connectivity index (χ4n) is 2.52. The molecule has 5 heteroatoms. The van der Waals surface area contributed by atoms with Crippen molar-refractivity contribution in [3.63, 3.8) is 0 Å². The van der Waals surface area contributed by atoms with Crippen LogP contribution in [0.3, 0.4) is 0 Å². The lowest BCUT2D eigenvalue weighted by Gasteiger charge is -2.13. The Labute approximate surface area is 146 Å². The van der Waals surface area contributed by atoms with E-state index in [-0.39, 0.29) is 5.91 Å². The highest BCUT2D eigenvalue weighted by molar-refractivity contribution is 6.04. The molecular formula is C20H20N2O3. The molecule has 5 nitrogen and oxygen atoms in total. The van der Waals surface area contributed by atoms with Crippen LogP contribution in [-0.2, 0) is 0 Å². The molecule has 128 valence electrons. The van der Waals surface area contributed by atoms with Gasteiger partial charge in [0.05, 0.1) is 18.7 Å². The van der Waals surface area contributed by atoms with E-state index in [0.29, 0.717) is 36.1 Å². The van der Waals surface area contributed by atoms with Gasteiger partial charge in [0.15, 0.2) is 11.5 Å². The maximum absolute atomic E-state index is 12.5. The summed E-state index contributed by atoms with van der Waals surface area (Å²) < 4.78 is 11.1. The second-order valence-electron chi connectivity index (χ2n) is 5.37. The Hall–Kier alpha value is -3.08. The second-order valence-corrected chi connectivity index (χ2v) is 5.37. The highest BCUT2D eigenvalue weighted by atomic mass is 16.5. The third-order valence-corrected chi connectivity index (χ3v) is 3.63. The Morgan fingerprint density at radius 2 is 1.72 bits per heavy atom. The number of hydrogen-bond donors (Lipinski definition) is 1. The topological polar surface area (TPSA) is 60.5 Å². The predicted octanol–water partition coefficient (Wildman–Crippen LogP) is 4.28. The third kappa shape index (κ3) is 3.88. The first-order valence-electron chi connectivity index (χ1n) is 8.28. The molecule has 0 atom stereocenters. The van der Waals surface area contributed by atoms with E-state index in [4.69, 9.17) is 9.47 Å². The minimum atomic E-state index is -0.266. The quantitative estimate of drug-likeness (QED) is 0.730. The van der Waals surface area contributed by atoms with Crippen molar-refractivity contribution in [3.8, 4) is 11.5 Å². The monoisotopic (exact) mass is 336 g/mol. The van der Waals surface area contributed by atoms with Gasteiger partial charge in [-0.15, -0.1) is 0 Å². The molecule has 25 heavy (non-hydrogen) atoms. The number of nitrogens with one attached hydrogen (secondary N) is 1. The minimum absolute atomic E-state index is 0.266. The number of anilines is 1. The summed E-state index contributed by atoms with van der Waals surface area (Å²) in [5.74, 6) is 0.997. The maximum Gasteiger partial charge on any atom is 0.274 e. The molecule has 0 unspecified atom stereocenters. The summed E-state index contributed by atoms with van der Waals surface area (Å²) in [5, 5.41) is 3.85. The van der Waals surface area contributed by atoms with Crippen LogP contribution in [0.2, 0.25) is 0 Å². The number of carbonyl (C=O) groups is 1. The van der Waals surface area contributed by atoms with Gasteiger partial charge in [-0.1, -0.05) is 24.3 Å². The summed E-state index contributed by atoms with van der Waals surface area (Å²) in [7, 11) is 0. The number of hydrogen-bond acceptors (Lipinski definition) is 4. The summed E-state index contributed by atoms with van der Waals surface area (Å²) in [6.07, 6.45) is 0. The Bertz CT molecular complexity index is 893. The largest absolute Gasteiger partial charge is 0.490 e. The molecule has 0 spiro atoms. The van der Waals surface area contributed by atoms with Gasteiger partial charge in [-0.05, 0) is 38.1 Å². The predicted molar refractivity (Wildman–Crippen MR) is 98.5 cm³/mol. The molecule has 0 saturated carbocycles. The number of amides is 1. The van der Waals surface area contributed by atoms with Crippen LogP contribution in [-0.4, -0.2) is 24.1 Å². The van der Waals surface area contributed by atoms with E-state index in [1.54, 1.807) is 24.3 Å². The van der Waals surface area contributed by atoms with Crippen LogP contribution in [0.4, 0.5) is 5.69 Å². The Balaban J connectivity index is 1.82. The maximum atomic E-state index is 12.5. The second kappa shape index (κ2) is 7.66. The van der Waals surface area contributed by atoms with Gasteiger partial charge in [-0.2, -0.15) is 0 Å². The van der Waals surface area contributed by atoms with Gasteiger partial charge in [0, 0.05) is 17.1 Å². The van der Waals surface area contributed by atoms with E-state index >= 15 is 0 Å². The highest BCUT2D eigenvalue weighted by Gasteiger charge is 2.11. The van der Waals surface area contributed by atoms with E-state index in [1.807, 2.05) is 44.2 Å². The van der Waals surface area contributed by atoms with Crippen molar-refractivity contribution >= 4 is 22.5 Å². The number of para-hydroxylation sites is 1. The molecule has 0 saturated heterocycles. The van der Waals surface area contributed by atoms with Crippen molar-refractivity contribution in [1.29, 1.82) is 0 Å². The Kier molecular flexibility index (Phi) is 5.14. The standard InChI is InChI=1S/C20H20N2O3/c1-3-24-18-12-10-15(13-19(18)25-4-2)21-20(23)17-11-9-14-7-5-6-8-16(14)22-17/h5-13H,3-4H2,1-2H3,(H,21,23). The van der Waals surface area contributed by atoms with Crippen molar-refractivity contribution in [2.24, 2.45) is 0 Å². The van der Waals surface area contributed by atoms with E-state index < -0.39 is 0 Å². The van der Waals surface area contributed by atoms with Gasteiger partial charge in [-0.3, -0.25) is 4.79 Å². The van der Waals surface area contributed by atoms with Gasteiger partial charge in [0.2, 0.25) is 0 Å². The number of rotatable bonds is 6. The SMILES string of the molecule is CCOc1ccc(NC(=O)c2ccc3ccccc3n2)cc1OCC. The molecule has 1 heterocycles. The average molecular weight is 336 g/mol. The number of pyridine rings is 1. The van der Waals surface area contributed by atoms with Crippen LogP contribution in [0.1, 0.15) is 24.3 Å². The zero-order valence-electron chi connectivity index (χ0n) is 14.3. The Morgan fingerprint density at radius 1 is 0.960 bits per heavy atom. The van der Waals surface area contributed by atoms with Crippen molar-refractivity contribution in [1.82, 2.24) is 4.98 Å². The lowest BCUT2D eigenvalue weighted by atomic mass is 10.2. The van der Waals surface area contributed by atoms with E-state index in [0.717, 1.165) is 10.9 Å². The van der Waals surface area contributed by atoms with Crippen molar-refractivity contribution in [2.45, 2.75) is 13.8 Å². The van der Waals surface area contributed by atoms with Crippen LogP contribution in [0.5, 0.6) is 11.5 Å². The number of benzene rings is 2. The number of ether oxygens (including phenoxy) is 2. The molecule has 0 aliphatic carbocycles. The molecule has 3 rings (SSSR count). The first-order chi connectivity index (χ1) is 12.2. The molecular weight excluding hydrogens is 316 g/mol. The Morgan fingerprint density at radius 3 is 2.52 bits per heavy atom.